The number of aromatic nitrogens is 2. The molecule has 6 heteroatoms. The lowest BCUT2D eigenvalue weighted by Crippen LogP contribution is -2.39. The summed E-state index contributed by atoms with van der Waals surface area (Å²) in [5.74, 6) is 0.883. The number of methoxy groups -OCH3 is 1. The quantitative estimate of drug-likeness (QED) is 0.867. The molecule has 3 rings (SSSR count). The molecule has 0 unspecified atom stereocenters. The summed E-state index contributed by atoms with van der Waals surface area (Å²) in [6, 6.07) is 8.05. The molecule has 1 aliphatic heterocycles. The van der Waals surface area contributed by atoms with Gasteiger partial charge in [0, 0.05) is 6.54 Å². The maximum Gasteiger partial charge on any atom is 0.229 e. The van der Waals surface area contributed by atoms with Crippen LogP contribution < -0.4 is 4.74 Å². The van der Waals surface area contributed by atoms with Crippen LogP contribution in [0.1, 0.15) is 42.3 Å². The van der Waals surface area contributed by atoms with E-state index in [1.54, 1.807) is 14.0 Å². The Bertz CT molecular complexity index is 683. The molecule has 1 saturated heterocycles. The zero-order valence-corrected chi connectivity index (χ0v) is 13.5. The van der Waals surface area contributed by atoms with Gasteiger partial charge in [0.05, 0.1) is 19.6 Å². The molecule has 1 amide bonds. The normalized spacial score (nSPS) is 18.0. The molecule has 0 aliphatic carbocycles. The Kier molecular flexibility index (Phi) is 4.60. The second-order valence-electron chi connectivity index (χ2n) is 5.85. The number of amides is 1. The molecule has 23 heavy (non-hydrogen) atoms. The summed E-state index contributed by atoms with van der Waals surface area (Å²) in [5, 5.41) is 7.56. The van der Waals surface area contributed by atoms with Gasteiger partial charge in [-0.2, -0.15) is 0 Å². The van der Waals surface area contributed by atoms with Crippen LogP contribution in [0.5, 0.6) is 5.75 Å². The molecule has 2 heterocycles. The SMILES string of the molecule is COc1cccc([C@@H]2CCCCN2C(=O)Cc2nonc2C)c1. The summed E-state index contributed by atoms with van der Waals surface area (Å²) in [7, 11) is 1.66. The van der Waals surface area contributed by atoms with Gasteiger partial charge in [0.1, 0.15) is 17.1 Å². The average Bonchev–Trinajstić information content (AvgIpc) is 2.99. The highest BCUT2D eigenvalue weighted by Gasteiger charge is 2.29. The first kappa shape index (κ1) is 15.5. The van der Waals surface area contributed by atoms with Gasteiger partial charge < -0.3 is 9.64 Å². The summed E-state index contributed by atoms with van der Waals surface area (Å²) >= 11 is 0. The number of rotatable bonds is 4. The lowest BCUT2D eigenvalue weighted by Gasteiger charge is -2.36. The Hall–Kier alpha value is -2.37. The van der Waals surface area contributed by atoms with Crippen molar-refractivity contribution < 1.29 is 14.2 Å². The highest BCUT2D eigenvalue weighted by atomic mass is 16.6. The van der Waals surface area contributed by atoms with E-state index in [1.165, 1.54) is 0 Å². The van der Waals surface area contributed by atoms with Crippen molar-refractivity contribution >= 4 is 5.91 Å². The summed E-state index contributed by atoms with van der Waals surface area (Å²) in [4.78, 5) is 14.7. The van der Waals surface area contributed by atoms with Crippen LogP contribution in [0.4, 0.5) is 0 Å². The highest BCUT2D eigenvalue weighted by Crippen LogP contribution is 2.33. The molecular weight excluding hydrogens is 294 g/mol. The third kappa shape index (κ3) is 3.36. The first-order valence-corrected chi connectivity index (χ1v) is 7.90. The molecule has 122 valence electrons. The molecule has 1 atom stereocenters. The Labute approximate surface area is 135 Å². The first-order valence-electron chi connectivity index (χ1n) is 7.90. The molecule has 0 radical (unpaired) electrons. The standard InChI is InChI=1S/C17H21N3O3/c1-12-15(19-23-18-12)11-17(21)20-9-4-3-8-16(20)13-6-5-7-14(10-13)22-2/h5-7,10,16H,3-4,8-9,11H2,1-2H3/t16-/m0/s1. The molecule has 0 saturated carbocycles. The fourth-order valence-electron chi connectivity index (χ4n) is 3.08. The third-order valence-electron chi connectivity index (χ3n) is 4.37. The van der Waals surface area contributed by atoms with Crippen molar-refractivity contribution in [1.82, 2.24) is 15.2 Å². The molecule has 0 bridgehead atoms. The van der Waals surface area contributed by atoms with Crippen molar-refractivity contribution in [2.45, 2.75) is 38.6 Å². The lowest BCUT2D eigenvalue weighted by molar-refractivity contribution is -0.134. The van der Waals surface area contributed by atoms with Crippen molar-refractivity contribution in [3.63, 3.8) is 0 Å². The number of carbonyl (C=O) groups is 1. The number of ether oxygens (including phenoxy) is 1. The number of hydrogen-bond acceptors (Lipinski definition) is 5. The predicted molar refractivity (Wildman–Crippen MR) is 84.0 cm³/mol. The Morgan fingerprint density at radius 3 is 3.00 bits per heavy atom. The summed E-state index contributed by atoms with van der Waals surface area (Å²) in [6.45, 7) is 2.57. The van der Waals surface area contributed by atoms with Gasteiger partial charge >= 0.3 is 0 Å². The molecule has 0 spiro atoms. The van der Waals surface area contributed by atoms with Gasteiger partial charge in [0.25, 0.3) is 0 Å². The fraction of sp³-hybridized carbons (Fsp3) is 0.471. The first-order chi connectivity index (χ1) is 11.2. The Morgan fingerprint density at radius 2 is 2.26 bits per heavy atom. The molecular formula is C17H21N3O3. The average molecular weight is 315 g/mol. The topological polar surface area (TPSA) is 68.5 Å². The van der Waals surface area contributed by atoms with Crippen molar-refractivity contribution in [3.05, 3.63) is 41.2 Å². The smallest absolute Gasteiger partial charge is 0.229 e. The largest absolute Gasteiger partial charge is 0.497 e. The van der Waals surface area contributed by atoms with Gasteiger partial charge in [-0.3, -0.25) is 4.79 Å². The number of aryl methyl sites for hydroxylation is 1. The van der Waals surface area contributed by atoms with Crippen molar-refractivity contribution in [1.29, 1.82) is 0 Å². The van der Waals surface area contributed by atoms with Gasteiger partial charge in [-0.15, -0.1) is 0 Å². The van der Waals surface area contributed by atoms with E-state index in [1.807, 2.05) is 23.1 Å². The maximum atomic E-state index is 12.7. The number of hydrogen-bond donors (Lipinski definition) is 0. The number of carbonyl (C=O) groups excluding carboxylic acids is 1. The van der Waals surface area contributed by atoms with Gasteiger partial charge in [-0.1, -0.05) is 22.4 Å². The van der Waals surface area contributed by atoms with Crippen LogP contribution in [0.15, 0.2) is 28.9 Å². The van der Waals surface area contributed by atoms with Gasteiger partial charge in [-0.25, -0.2) is 4.63 Å². The zero-order chi connectivity index (χ0) is 16.2. The maximum absolute atomic E-state index is 12.7. The number of piperidine rings is 1. The number of nitrogens with zero attached hydrogens (tertiary/aromatic N) is 3. The van der Waals surface area contributed by atoms with E-state index < -0.39 is 0 Å². The molecule has 1 fully saturated rings. The van der Waals surface area contributed by atoms with Crippen LogP contribution in [-0.2, 0) is 11.2 Å². The monoisotopic (exact) mass is 315 g/mol. The summed E-state index contributed by atoms with van der Waals surface area (Å²) in [6.07, 6.45) is 3.35. The van der Waals surface area contributed by atoms with E-state index in [-0.39, 0.29) is 18.4 Å². The second kappa shape index (κ2) is 6.81. The molecule has 0 N–H and O–H groups in total. The minimum atomic E-state index is 0.0660. The van der Waals surface area contributed by atoms with Crippen LogP contribution in [0.3, 0.4) is 0 Å². The van der Waals surface area contributed by atoms with Gasteiger partial charge in [-0.05, 0) is 43.9 Å². The highest BCUT2D eigenvalue weighted by molar-refractivity contribution is 5.79. The minimum absolute atomic E-state index is 0.0660. The van der Waals surface area contributed by atoms with Crippen LogP contribution in [0, 0.1) is 6.92 Å². The minimum Gasteiger partial charge on any atom is -0.497 e. The van der Waals surface area contributed by atoms with Crippen LogP contribution >= 0.6 is 0 Å². The molecule has 2 aromatic rings. The Balaban J connectivity index is 1.80. The zero-order valence-electron chi connectivity index (χ0n) is 13.5. The molecule has 1 aliphatic rings. The van der Waals surface area contributed by atoms with Gasteiger partial charge in [0.2, 0.25) is 5.91 Å². The van der Waals surface area contributed by atoms with Crippen molar-refractivity contribution in [2.24, 2.45) is 0 Å². The lowest BCUT2D eigenvalue weighted by atomic mass is 9.94. The Morgan fingerprint density at radius 1 is 1.39 bits per heavy atom. The second-order valence-corrected chi connectivity index (χ2v) is 5.85. The molecule has 1 aromatic carbocycles. The van der Waals surface area contributed by atoms with E-state index in [9.17, 15) is 4.79 Å². The van der Waals surface area contributed by atoms with E-state index >= 15 is 0 Å². The van der Waals surface area contributed by atoms with E-state index in [2.05, 4.69) is 21.0 Å². The summed E-state index contributed by atoms with van der Waals surface area (Å²) in [5.41, 5.74) is 2.41. The fourth-order valence-corrected chi connectivity index (χ4v) is 3.08. The van der Waals surface area contributed by atoms with E-state index in [0.29, 0.717) is 11.4 Å². The summed E-state index contributed by atoms with van der Waals surface area (Å²) < 4.78 is 10.00. The predicted octanol–water partition coefficient (Wildman–Crippen LogP) is 2.68. The van der Waals surface area contributed by atoms with Crippen LogP contribution in [-0.4, -0.2) is 34.8 Å². The van der Waals surface area contributed by atoms with Gasteiger partial charge in [0.15, 0.2) is 0 Å². The van der Waals surface area contributed by atoms with E-state index in [4.69, 9.17) is 4.74 Å². The molecule has 6 nitrogen and oxygen atoms in total. The number of benzene rings is 1. The third-order valence-corrected chi connectivity index (χ3v) is 4.37. The van der Waals surface area contributed by atoms with Crippen molar-refractivity contribution in [3.8, 4) is 5.75 Å². The molecule has 1 aromatic heterocycles. The number of likely N-dealkylation sites (tertiary alicyclic amines) is 1. The van der Waals surface area contributed by atoms with Crippen molar-refractivity contribution in [2.75, 3.05) is 13.7 Å². The van der Waals surface area contributed by atoms with Crippen LogP contribution in [0.2, 0.25) is 0 Å². The van der Waals surface area contributed by atoms with E-state index in [0.717, 1.165) is 37.1 Å². The van der Waals surface area contributed by atoms with Crippen LogP contribution in [0.25, 0.3) is 0 Å².